The first-order valence-electron chi connectivity index (χ1n) is 10.9. The first-order valence-corrected chi connectivity index (χ1v) is 11.8. The summed E-state index contributed by atoms with van der Waals surface area (Å²) in [5.74, 6) is -0.882. The molecule has 0 atom stereocenters. The molecule has 8 heteroatoms. The Labute approximate surface area is 201 Å². The molecular formula is C26H27F3N2O2S. The zero-order valence-corrected chi connectivity index (χ0v) is 20.1. The van der Waals surface area contributed by atoms with Gasteiger partial charge < -0.3 is 9.80 Å². The maximum Gasteiger partial charge on any atom is 0.416 e. The van der Waals surface area contributed by atoms with Crippen LogP contribution in [-0.4, -0.2) is 34.2 Å². The number of benzene rings is 2. The summed E-state index contributed by atoms with van der Waals surface area (Å²) in [4.78, 5) is 30.6. The highest BCUT2D eigenvalue weighted by Crippen LogP contribution is 2.30. The summed E-state index contributed by atoms with van der Waals surface area (Å²) in [7, 11) is 0. The van der Waals surface area contributed by atoms with Gasteiger partial charge in [0.25, 0.3) is 5.91 Å². The van der Waals surface area contributed by atoms with Crippen molar-refractivity contribution in [2.45, 2.75) is 46.1 Å². The summed E-state index contributed by atoms with van der Waals surface area (Å²) < 4.78 is 39.4. The molecule has 0 saturated heterocycles. The molecule has 0 N–H and O–H groups in total. The van der Waals surface area contributed by atoms with Gasteiger partial charge in [0.1, 0.15) is 6.54 Å². The minimum atomic E-state index is -4.56. The maximum absolute atomic E-state index is 13.4. The topological polar surface area (TPSA) is 40.6 Å². The minimum Gasteiger partial charge on any atom is -0.332 e. The molecule has 0 radical (unpaired) electrons. The van der Waals surface area contributed by atoms with E-state index in [0.717, 1.165) is 28.1 Å². The third kappa shape index (κ3) is 6.47. The number of rotatable bonds is 8. The molecule has 0 spiro atoms. The normalized spacial score (nSPS) is 11.5. The molecule has 180 valence electrons. The molecule has 0 aliphatic heterocycles. The molecular weight excluding hydrogens is 461 g/mol. The zero-order chi connectivity index (χ0) is 24.9. The van der Waals surface area contributed by atoms with Gasteiger partial charge in [-0.05, 0) is 61.5 Å². The Balaban J connectivity index is 1.84. The SMILES string of the molecule is Cc1ccsc1CN(Cc1ccccc1)C(=O)CN(C(=O)c1cccc(C(F)(F)F)c1)C(C)C. The molecule has 0 saturated carbocycles. The van der Waals surface area contributed by atoms with Crippen LogP contribution in [0.2, 0.25) is 0 Å². The van der Waals surface area contributed by atoms with E-state index in [9.17, 15) is 22.8 Å². The van der Waals surface area contributed by atoms with Gasteiger partial charge in [-0.25, -0.2) is 0 Å². The monoisotopic (exact) mass is 488 g/mol. The summed E-state index contributed by atoms with van der Waals surface area (Å²) in [6.07, 6.45) is -4.56. The number of carbonyl (C=O) groups excluding carboxylic acids is 2. The lowest BCUT2D eigenvalue weighted by Gasteiger charge is -2.30. The van der Waals surface area contributed by atoms with Crippen molar-refractivity contribution in [2.24, 2.45) is 0 Å². The van der Waals surface area contributed by atoms with E-state index in [1.807, 2.05) is 48.7 Å². The second-order valence-corrected chi connectivity index (χ2v) is 9.37. The van der Waals surface area contributed by atoms with Crippen LogP contribution in [0, 0.1) is 6.92 Å². The maximum atomic E-state index is 13.4. The summed E-state index contributed by atoms with van der Waals surface area (Å²) in [6.45, 7) is 5.98. The van der Waals surface area contributed by atoms with Gasteiger partial charge in [-0.3, -0.25) is 9.59 Å². The molecule has 0 aliphatic rings. The van der Waals surface area contributed by atoms with Crippen LogP contribution in [0.25, 0.3) is 0 Å². The lowest BCUT2D eigenvalue weighted by Crippen LogP contribution is -2.45. The molecule has 3 aromatic rings. The van der Waals surface area contributed by atoms with Crippen molar-refractivity contribution in [3.05, 3.63) is 93.2 Å². The van der Waals surface area contributed by atoms with Crippen molar-refractivity contribution in [3.63, 3.8) is 0 Å². The van der Waals surface area contributed by atoms with E-state index in [1.54, 1.807) is 30.1 Å². The van der Waals surface area contributed by atoms with Gasteiger partial charge in [0, 0.05) is 23.0 Å². The van der Waals surface area contributed by atoms with Crippen molar-refractivity contribution in [2.75, 3.05) is 6.54 Å². The zero-order valence-electron chi connectivity index (χ0n) is 19.3. The fraction of sp³-hybridized carbons (Fsp3) is 0.308. The highest BCUT2D eigenvalue weighted by atomic mass is 32.1. The van der Waals surface area contributed by atoms with Crippen LogP contribution in [0.1, 0.15) is 45.8 Å². The van der Waals surface area contributed by atoms with Crippen LogP contribution < -0.4 is 0 Å². The molecule has 34 heavy (non-hydrogen) atoms. The summed E-state index contributed by atoms with van der Waals surface area (Å²) in [6, 6.07) is 15.4. The van der Waals surface area contributed by atoms with E-state index < -0.39 is 17.6 Å². The number of nitrogens with zero attached hydrogens (tertiary/aromatic N) is 2. The second kappa shape index (κ2) is 10.9. The summed E-state index contributed by atoms with van der Waals surface area (Å²) in [5.41, 5.74) is 1.04. The number of hydrogen-bond acceptors (Lipinski definition) is 3. The Kier molecular flexibility index (Phi) is 8.15. The largest absolute Gasteiger partial charge is 0.416 e. The number of alkyl halides is 3. The molecule has 1 heterocycles. The summed E-state index contributed by atoms with van der Waals surface area (Å²) >= 11 is 1.56. The Hall–Kier alpha value is -3.13. The Bertz CT molecular complexity index is 1130. The van der Waals surface area contributed by atoms with E-state index in [2.05, 4.69) is 0 Å². The fourth-order valence-corrected chi connectivity index (χ4v) is 4.43. The van der Waals surface area contributed by atoms with E-state index >= 15 is 0 Å². The average Bonchev–Trinajstić information content (AvgIpc) is 3.20. The van der Waals surface area contributed by atoms with Gasteiger partial charge >= 0.3 is 6.18 Å². The first-order chi connectivity index (χ1) is 16.1. The third-order valence-electron chi connectivity index (χ3n) is 5.50. The van der Waals surface area contributed by atoms with Crippen LogP contribution in [-0.2, 0) is 24.1 Å². The van der Waals surface area contributed by atoms with Gasteiger partial charge in [-0.15, -0.1) is 11.3 Å². The molecule has 0 unspecified atom stereocenters. The lowest BCUT2D eigenvalue weighted by molar-refractivity contribution is -0.137. The molecule has 0 fully saturated rings. The molecule has 0 aliphatic carbocycles. The van der Waals surface area contributed by atoms with Crippen LogP contribution in [0.4, 0.5) is 13.2 Å². The van der Waals surface area contributed by atoms with Gasteiger partial charge in [0.2, 0.25) is 5.91 Å². The van der Waals surface area contributed by atoms with E-state index in [1.165, 1.54) is 17.0 Å². The number of aryl methyl sites for hydroxylation is 1. The van der Waals surface area contributed by atoms with Crippen molar-refractivity contribution in [3.8, 4) is 0 Å². The minimum absolute atomic E-state index is 0.0972. The lowest BCUT2D eigenvalue weighted by atomic mass is 10.1. The third-order valence-corrected chi connectivity index (χ3v) is 6.51. The van der Waals surface area contributed by atoms with Crippen LogP contribution in [0.5, 0.6) is 0 Å². The standard InChI is InChI=1S/C26H27F3N2O2S/c1-18(2)31(25(33)21-10-7-11-22(14-21)26(27,28)29)17-24(32)30(15-20-8-5-4-6-9-20)16-23-19(3)12-13-34-23/h4-14,18H,15-17H2,1-3H3. The van der Waals surface area contributed by atoms with Crippen LogP contribution >= 0.6 is 11.3 Å². The van der Waals surface area contributed by atoms with Crippen LogP contribution in [0.3, 0.4) is 0 Å². The number of carbonyl (C=O) groups is 2. The molecule has 2 aromatic carbocycles. The van der Waals surface area contributed by atoms with E-state index in [0.29, 0.717) is 13.1 Å². The summed E-state index contributed by atoms with van der Waals surface area (Å²) in [5, 5.41) is 1.97. The van der Waals surface area contributed by atoms with Crippen molar-refractivity contribution < 1.29 is 22.8 Å². The smallest absolute Gasteiger partial charge is 0.332 e. The van der Waals surface area contributed by atoms with Crippen molar-refractivity contribution >= 4 is 23.2 Å². The van der Waals surface area contributed by atoms with Gasteiger partial charge in [0.05, 0.1) is 12.1 Å². The van der Waals surface area contributed by atoms with E-state index in [-0.39, 0.29) is 24.1 Å². The van der Waals surface area contributed by atoms with Gasteiger partial charge in [-0.1, -0.05) is 36.4 Å². The Morgan fingerprint density at radius 3 is 2.26 bits per heavy atom. The molecule has 0 bridgehead atoms. The van der Waals surface area contributed by atoms with Crippen molar-refractivity contribution in [1.82, 2.24) is 9.80 Å². The average molecular weight is 489 g/mol. The van der Waals surface area contributed by atoms with Crippen LogP contribution in [0.15, 0.2) is 66.0 Å². The Morgan fingerprint density at radius 2 is 1.68 bits per heavy atom. The molecule has 4 nitrogen and oxygen atoms in total. The quantitative estimate of drug-likeness (QED) is 0.381. The number of thiophene rings is 1. The van der Waals surface area contributed by atoms with Gasteiger partial charge in [0.15, 0.2) is 0 Å². The number of amides is 2. The fourth-order valence-electron chi connectivity index (χ4n) is 3.50. The second-order valence-electron chi connectivity index (χ2n) is 8.37. The number of halogens is 3. The predicted octanol–water partition coefficient (Wildman–Crippen LogP) is 6.15. The van der Waals surface area contributed by atoms with Crippen molar-refractivity contribution in [1.29, 1.82) is 0 Å². The predicted molar refractivity (Wildman–Crippen MR) is 127 cm³/mol. The molecule has 3 rings (SSSR count). The van der Waals surface area contributed by atoms with E-state index in [4.69, 9.17) is 0 Å². The highest BCUT2D eigenvalue weighted by molar-refractivity contribution is 7.10. The Morgan fingerprint density at radius 1 is 0.971 bits per heavy atom. The molecule has 1 aromatic heterocycles. The van der Waals surface area contributed by atoms with Gasteiger partial charge in [-0.2, -0.15) is 13.2 Å². The molecule has 2 amide bonds. The number of hydrogen-bond donors (Lipinski definition) is 0. The highest BCUT2D eigenvalue weighted by Gasteiger charge is 2.32. The first kappa shape index (κ1) is 25.5.